The molecule has 0 amide bonds. The molecule has 4 nitrogen and oxygen atoms in total. The lowest BCUT2D eigenvalue weighted by Gasteiger charge is -2.37. The molecule has 1 aromatic rings. The summed E-state index contributed by atoms with van der Waals surface area (Å²) < 4.78 is 18.8. The number of nitrogens with zero attached hydrogens (tertiary/aromatic N) is 2. The molecule has 0 spiro atoms. The molecule has 5 heteroatoms. The number of nitrogens with two attached hydrogens (primary N) is 1. The van der Waals surface area contributed by atoms with Crippen LogP contribution in [0.2, 0.25) is 0 Å². The van der Waals surface area contributed by atoms with Gasteiger partial charge in [-0.1, -0.05) is 0 Å². The minimum absolute atomic E-state index is 0.107. The highest BCUT2D eigenvalue weighted by Crippen LogP contribution is 2.21. The predicted molar refractivity (Wildman–Crippen MR) is 67.6 cm³/mol. The summed E-state index contributed by atoms with van der Waals surface area (Å²) in [5.41, 5.74) is 6.83. The largest absolute Gasteiger partial charge is 0.374 e. The van der Waals surface area contributed by atoms with Crippen molar-refractivity contribution in [2.75, 3.05) is 19.7 Å². The Bertz CT molecular complexity index is 400. The average molecular weight is 253 g/mol. The normalized spacial score (nSPS) is 23.3. The van der Waals surface area contributed by atoms with Crippen molar-refractivity contribution in [3.05, 3.63) is 29.8 Å². The van der Waals surface area contributed by atoms with Gasteiger partial charge in [-0.05, 0) is 25.5 Å². The smallest absolute Gasteiger partial charge is 0.141 e. The SMILES string of the molecule is CC(C)N1CCOC(C(N)c2cncc(F)c2)C1. The second-order valence-corrected chi connectivity index (χ2v) is 4.96. The first-order chi connectivity index (χ1) is 8.58. The van der Waals surface area contributed by atoms with E-state index < -0.39 is 0 Å². The van der Waals surface area contributed by atoms with Crippen LogP contribution in [0, 0.1) is 5.82 Å². The first-order valence-electron chi connectivity index (χ1n) is 6.29. The molecule has 18 heavy (non-hydrogen) atoms. The minimum atomic E-state index is -0.362. The molecular weight excluding hydrogens is 233 g/mol. The van der Waals surface area contributed by atoms with Gasteiger partial charge in [0.2, 0.25) is 0 Å². The highest BCUT2D eigenvalue weighted by molar-refractivity contribution is 5.16. The van der Waals surface area contributed by atoms with Crippen LogP contribution in [-0.2, 0) is 4.74 Å². The van der Waals surface area contributed by atoms with Gasteiger partial charge in [0.1, 0.15) is 5.82 Å². The van der Waals surface area contributed by atoms with E-state index in [2.05, 4.69) is 23.7 Å². The van der Waals surface area contributed by atoms with Crippen molar-refractivity contribution in [3.8, 4) is 0 Å². The van der Waals surface area contributed by atoms with Crippen molar-refractivity contribution in [1.82, 2.24) is 9.88 Å². The van der Waals surface area contributed by atoms with Gasteiger partial charge in [0.15, 0.2) is 0 Å². The van der Waals surface area contributed by atoms with Crippen molar-refractivity contribution in [2.45, 2.75) is 32.0 Å². The molecule has 2 unspecified atom stereocenters. The molecule has 1 fully saturated rings. The van der Waals surface area contributed by atoms with Crippen LogP contribution in [0.3, 0.4) is 0 Å². The van der Waals surface area contributed by atoms with Crippen LogP contribution in [0.4, 0.5) is 4.39 Å². The molecular formula is C13H20FN3O. The minimum Gasteiger partial charge on any atom is -0.374 e. The molecule has 0 radical (unpaired) electrons. The summed E-state index contributed by atoms with van der Waals surface area (Å²) in [6.07, 6.45) is 2.67. The van der Waals surface area contributed by atoms with Gasteiger partial charge in [-0.2, -0.15) is 0 Å². The number of rotatable bonds is 3. The maximum Gasteiger partial charge on any atom is 0.141 e. The molecule has 1 aliphatic rings. The lowest BCUT2D eigenvalue weighted by Crippen LogP contribution is -2.49. The van der Waals surface area contributed by atoms with Crippen LogP contribution in [0.15, 0.2) is 18.5 Å². The fourth-order valence-corrected chi connectivity index (χ4v) is 2.21. The summed E-state index contributed by atoms with van der Waals surface area (Å²) in [5, 5.41) is 0. The third-order valence-corrected chi connectivity index (χ3v) is 3.37. The summed E-state index contributed by atoms with van der Waals surface area (Å²) in [6, 6.07) is 1.55. The number of morpholine rings is 1. The Morgan fingerprint density at radius 1 is 1.50 bits per heavy atom. The van der Waals surface area contributed by atoms with Crippen LogP contribution in [0.1, 0.15) is 25.5 Å². The van der Waals surface area contributed by atoms with E-state index in [1.807, 2.05) is 0 Å². The van der Waals surface area contributed by atoms with Crippen LogP contribution in [0.5, 0.6) is 0 Å². The summed E-state index contributed by atoms with van der Waals surface area (Å²) in [5.74, 6) is -0.362. The van der Waals surface area contributed by atoms with Gasteiger partial charge < -0.3 is 10.5 Å². The average Bonchev–Trinajstić information content (AvgIpc) is 2.38. The van der Waals surface area contributed by atoms with E-state index in [1.165, 1.54) is 12.3 Å². The molecule has 2 N–H and O–H groups in total. The van der Waals surface area contributed by atoms with Gasteiger partial charge >= 0.3 is 0 Å². The Hall–Kier alpha value is -1.04. The lowest BCUT2D eigenvalue weighted by molar-refractivity contribution is -0.0503. The van der Waals surface area contributed by atoms with Crippen molar-refractivity contribution < 1.29 is 9.13 Å². The van der Waals surface area contributed by atoms with Gasteiger partial charge in [-0.3, -0.25) is 9.88 Å². The maximum atomic E-state index is 13.1. The zero-order valence-corrected chi connectivity index (χ0v) is 10.8. The Balaban J connectivity index is 2.06. The highest BCUT2D eigenvalue weighted by atomic mass is 19.1. The van der Waals surface area contributed by atoms with Crippen molar-refractivity contribution in [1.29, 1.82) is 0 Å². The van der Waals surface area contributed by atoms with Crippen molar-refractivity contribution in [2.24, 2.45) is 5.73 Å². The molecule has 1 saturated heterocycles. The fraction of sp³-hybridized carbons (Fsp3) is 0.615. The Morgan fingerprint density at radius 3 is 2.94 bits per heavy atom. The van der Waals surface area contributed by atoms with Crippen molar-refractivity contribution in [3.63, 3.8) is 0 Å². The zero-order valence-electron chi connectivity index (χ0n) is 10.8. The van der Waals surface area contributed by atoms with Crippen LogP contribution in [0.25, 0.3) is 0 Å². The molecule has 2 rings (SSSR count). The fourth-order valence-electron chi connectivity index (χ4n) is 2.21. The Kier molecular flexibility index (Phi) is 4.27. The Morgan fingerprint density at radius 2 is 2.28 bits per heavy atom. The van der Waals surface area contributed by atoms with Gasteiger partial charge in [0.05, 0.1) is 24.9 Å². The molecule has 0 aliphatic carbocycles. The first-order valence-corrected chi connectivity index (χ1v) is 6.29. The van der Waals surface area contributed by atoms with E-state index in [1.54, 1.807) is 6.20 Å². The van der Waals surface area contributed by atoms with Gasteiger partial charge in [0, 0.05) is 25.3 Å². The number of aromatic nitrogens is 1. The molecule has 0 bridgehead atoms. The van der Waals surface area contributed by atoms with E-state index >= 15 is 0 Å². The molecule has 0 aromatic carbocycles. The van der Waals surface area contributed by atoms with Crippen LogP contribution < -0.4 is 5.73 Å². The third kappa shape index (κ3) is 3.04. The Labute approximate surface area is 107 Å². The number of halogens is 1. The van der Waals surface area contributed by atoms with E-state index in [-0.39, 0.29) is 18.0 Å². The number of hydrogen-bond acceptors (Lipinski definition) is 4. The maximum absolute atomic E-state index is 13.1. The molecule has 2 atom stereocenters. The van der Waals surface area contributed by atoms with E-state index in [0.717, 1.165) is 13.1 Å². The van der Waals surface area contributed by atoms with E-state index in [4.69, 9.17) is 10.5 Å². The molecule has 1 aromatic heterocycles. The standard InChI is InChI=1S/C13H20FN3O/c1-9(2)17-3-4-18-12(8-17)13(15)10-5-11(14)7-16-6-10/h5-7,9,12-13H,3-4,8,15H2,1-2H3. The number of pyridine rings is 1. The summed E-state index contributed by atoms with van der Waals surface area (Å²) in [6.45, 7) is 6.66. The molecule has 100 valence electrons. The summed E-state index contributed by atoms with van der Waals surface area (Å²) in [4.78, 5) is 6.15. The van der Waals surface area contributed by atoms with Crippen LogP contribution >= 0.6 is 0 Å². The second kappa shape index (κ2) is 5.73. The van der Waals surface area contributed by atoms with Crippen molar-refractivity contribution >= 4 is 0 Å². The first kappa shape index (κ1) is 13.4. The second-order valence-electron chi connectivity index (χ2n) is 4.96. The predicted octanol–water partition coefficient (Wildman–Crippen LogP) is 1.33. The van der Waals surface area contributed by atoms with Gasteiger partial charge in [-0.25, -0.2) is 4.39 Å². The highest BCUT2D eigenvalue weighted by Gasteiger charge is 2.28. The molecule has 0 saturated carbocycles. The monoisotopic (exact) mass is 253 g/mol. The lowest BCUT2D eigenvalue weighted by atomic mass is 10.0. The molecule has 1 aliphatic heterocycles. The van der Waals surface area contributed by atoms with E-state index in [0.29, 0.717) is 18.2 Å². The molecule has 2 heterocycles. The van der Waals surface area contributed by atoms with Gasteiger partial charge in [0.25, 0.3) is 0 Å². The van der Waals surface area contributed by atoms with Gasteiger partial charge in [-0.15, -0.1) is 0 Å². The quantitative estimate of drug-likeness (QED) is 0.883. The van der Waals surface area contributed by atoms with Crippen LogP contribution in [-0.4, -0.2) is 41.7 Å². The number of hydrogen-bond donors (Lipinski definition) is 1. The number of ether oxygens (including phenoxy) is 1. The summed E-state index contributed by atoms with van der Waals surface area (Å²) >= 11 is 0. The third-order valence-electron chi connectivity index (χ3n) is 3.37. The summed E-state index contributed by atoms with van der Waals surface area (Å²) in [7, 11) is 0. The topological polar surface area (TPSA) is 51.4 Å². The zero-order chi connectivity index (χ0) is 13.1. The van der Waals surface area contributed by atoms with E-state index in [9.17, 15) is 4.39 Å².